The van der Waals surface area contributed by atoms with E-state index in [1.807, 2.05) is 0 Å². The molecule has 2 N–H and O–H groups in total. The van der Waals surface area contributed by atoms with Crippen LogP contribution in [0, 0.1) is 0 Å². The molecule has 0 atom stereocenters. The van der Waals surface area contributed by atoms with Gasteiger partial charge in [0, 0.05) is 0 Å². The fourth-order valence-electron chi connectivity index (χ4n) is 0.106. The summed E-state index contributed by atoms with van der Waals surface area (Å²) in [5, 5.41) is -1.32. The Morgan fingerprint density at radius 3 is 1.50 bits per heavy atom. The van der Waals surface area contributed by atoms with Crippen LogP contribution in [0.15, 0.2) is 0 Å². The predicted molar refractivity (Wildman–Crippen MR) is 36.0 cm³/mol. The second kappa shape index (κ2) is 3.11. The van der Waals surface area contributed by atoms with Gasteiger partial charge in [-0.2, -0.15) is 0 Å². The van der Waals surface area contributed by atoms with Crippen LogP contribution in [0.25, 0.3) is 0 Å². The maximum absolute atomic E-state index is 10.1. The topological polar surface area (TPSA) is 60.2 Å². The average Bonchev–Trinajstić information content (AvgIpc) is 1.64. The van der Waals surface area contributed by atoms with Gasteiger partial charge in [-0.15, -0.1) is 25.3 Å². The third kappa shape index (κ3) is 2.34. The molecule has 0 saturated heterocycles. The molecule has 8 heavy (non-hydrogen) atoms. The van der Waals surface area contributed by atoms with Crippen molar-refractivity contribution in [3.63, 3.8) is 0 Å². The van der Waals surface area contributed by atoms with Crippen LogP contribution in [0.2, 0.25) is 0 Å². The lowest BCUT2D eigenvalue weighted by molar-refractivity contribution is -0.119. The van der Waals surface area contributed by atoms with Gasteiger partial charge >= 0.3 is 0 Å². The number of hydrogen-bond donors (Lipinski definition) is 3. The first kappa shape index (κ1) is 8.00. The molecule has 0 bridgehead atoms. The summed E-state index contributed by atoms with van der Waals surface area (Å²) in [6.45, 7) is 0. The Kier molecular flexibility index (Phi) is 3.11. The quantitative estimate of drug-likeness (QED) is 0.358. The average molecular weight is 151 g/mol. The molecule has 3 nitrogen and oxygen atoms in total. The number of thiol groups is 2. The lowest BCUT2D eigenvalue weighted by Crippen LogP contribution is -2.32. The van der Waals surface area contributed by atoms with Gasteiger partial charge in [-0.05, 0) is 0 Å². The van der Waals surface area contributed by atoms with Crippen LogP contribution in [0.1, 0.15) is 0 Å². The molecule has 0 saturated carbocycles. The minimum Gasteiger partial charge on any atom is -0.314 e. The van der Waals surface area contributed by atoms with Gasteiger partial charge in [0.2, 0.25) is 10.2 Å². The van der Waals surface area contributed by atoms with Crippen LogP contribution in [0.4, 0.5) is 0 Å². The summed E-state index contributed by atoms with van der Waals surface area (Å²) in [6.07, 6.45) is 0. The molecule has 0 aromatic carbocycles. The van der Waals surface area contributed by atoms with Gasteiger partial charge in [-0.25, -0.2) is 0 Å². The number of hydrogen-bond acceptors (Lipinski definition) is 3. The van der Waals surface area contributed by atoms with E-state index in [0.717, 1.165) is 0 Å². The molecule has 0 rings (SSSR count). The highest BCUT2D eigenvalue weighted by Crippen LogP contribution is 1.90. The number of carbonyl (C=O) groups is 2. The first-order valence-corrected chi connectivity index (χ1v) is 2.66. The zero-order valence-corrected chi connectivity index (χ0v) is 5.65. The van der Waals surface area contributed by atoms with Crippen molar-refractivity contribution in [2.24, 2.45) is 5.73 Å². The summed E-state index contributed by atoms with van der Waals surface area (Å²) in [7, 11) is 0. The van der Waals surface area contributed by atoms with Crippen LogP contribution in [-0.2, 0) is 9.59 Å². The maximum Gasteiger partial charge on any atom is 0.211 e. The van der Waals surface area contributed by atoms with Crippen LogP contribution < -0.4 is 5.73 Å². The van der Waals surface area contributed by atoms with E-state index >= 15 is 0 Å². The van der Waals surface area contributed by atoms with E-state index in [2.05, 4.69) is 25.3 Å². The van der Waals surface area contributed by atoms with E-state index in [4.69, 9.17) is 5.73 Å². The highest BCUT2D eigenvalue weighted by Gasteiger charge is 2.13. The van der Waals surface area contributed by atoms with Crippen LogP contribution in [0.3, 0.4) is 0 Å². The predicted octanol–water partition coefficient (Wildman–Crippen LogP) is -0.774. The Balaban J connectivity index is 3.83. The van der Waals surface area contributed by atoms with Crippen molar-refractivity contribution < 1.29 is 9.59 Å². The first-order chi connectivity index (χ1) is 3.55. The molecular formula is C3H5NO2S2. The summed E-state index contributed by atoms with van der Waals surface area (Å²) in [5.41, 5.74) is 4.91. The number of carbonyl (C=O) groups excluding carboxylic acids is 2. The molecule has 0 aromatic heterocycles. The largest absolute Gasteiger partial charge is 0.314 e. The molecule has 0 radical (unpaired) electrons. The summed E-state index contributed by atoms with van der Waals surface area (Å²) in [6, 6.07) is -1.18. The zero-order valence-electron chi connectivity index (χ0n) is 3.87. The summed E-state index contributed by atoms with van der Waals surface area (Å²) >= 11 is 6.60. The lowest BCUT2D eigenvalue weighted by atomic mass is 10.4. The second-order valence-electron chi connectivity index (χ2n) is 1.15. The van der Waals surface area contributed by atoms with E-state index < -0.39 is 16.3 Å². The van der Waals surface area contributed by atoms with Crippen molar-refractivity contribution >= 4 is 35.5 Å². The van der Waals surface area contributed by atoms with E-state index in [9.17, 15) is 9.59 Å². The molecule has 0 aliphatic rings. The highest BCUT2D eigenvalue weighted by molar-refractivity contribution is 7.99. The monoisotopic (exact) mass is 151 g/mol. The van der Waals surface area contributed by atoms with Crippen molar-refractivity contribution in [1.29, 1.82) is 0 Å². The van der Waals surface area contributed by atoms with Crippen LogP contribution in [0.5, 0.6) is 0 Å². The Hall–Kier alpha value is -0.0000000000000000555. The Labute approximate surface area is 57.4 Å². The summed E-state index contributed by atoms with van der Waals surface area (Å²) < 4.78 is 0. The third-order valence-corrected chi connectivity index (χ3v) is 1.09. The van der Waals surface area contributed by atoms with Crippen LogP contribution >= 0.6 is 25.3 Å². The van der Waals surface area contributed by atoms with E-state index in [1.54, 1.807) is 0 Å². The molecule has 0 heterocycles. The highest BCUT2D eigenvalue weighted by atomic mass is 32.1. The fourth-order valence-corrected chi connectivity index (χ4v) is 0.442. The van der Waals surface area contributed by atoms with Gasteiger partial charge in [-0.3, -0.25) is 9.59 Å². The molecule has 46 valence electrons. The minimum atomic E-state index is -1.18. The van der Waals surface area contributed by atoms with Gasteiger partial charge in [0.05, 0.1) is 0 Å². The smallest absolute Gasteiger partial charge is 0.211 e. The van der Waals surface area contributed by atoms with Gasteiger partial charge < -0.3 is 5.73 Å². The molecule has 0 aromatic rings. The van der Waals surface area contributed by atoms with Gasteiger partial charge in [0.25, 0.3) is 0 Å². The van der Waals surface area contributed by atoms with Crippen LogP contribution in [-0.4, -0.2) is 16.3 Å². The molecule has 0 unspecified atom stereocenters. The lowest BCUT2D eigenvalue weighted by Gasteiger charge is -1.96. The maximum atomic E-state index is 10.1. The Morgan fingerprint density at radius 2 is 1.50 bits per heavy atom. The van der Waals surface area contributed by atoms with Crippen molar-refractivity contribution in [2.45, 2.75) is 6.04 Å². The second-order valence-corrected chi connectivity index (χ2v) is 2.04. The molecule has 0 aliphatic carbocycles. The molecule has 0 amide bonds. The number of rotatable bonds is 2. The molecular weight excluding hydrogens is 146 g/mol. The first-order valence-electron chi connectivity index (χ1n) is 1.77. The fraction of sp³-hybridized carbons (Fsp3) is 0.333. The minimum absolute atomic E-state index is 0.662. The van der Waals surface area contributed by atoms with Gasteiger partial charge in [0.1, 0.15) is 6.04 Å². The Morgan fingerprint density at radius 1 is 1.25 bits per heavy atom. The molecule has 0 aliphatic heterocycles. The standard InChI is InChI=1S/C3H5NO2S2/c4-1(2(5)7)3(6)8/h1H,4H2,(H,5,7)(H,6,8). The summed E-state index contributed by atoms with van der Waals surface area (Å²) in [5.74, 6) is 0. The van der Waals surface area contributed by atoms with Crippen molar-refractivity contribution in [3.05, 3.63) is 0 Å². The molecule has 5 heteroatoms. The summed E-state index contributed by atoms with van der Waals surface area (Å²) in [4.78, 5) is 20.1. The van der Waals surface area contributed by atoms with Crippen molar-refractivity contribution in [3.8, 4) is 0 Å². The third-order valence-electron chi connectivity index (χ3n) is 0.532. The van der Waals surface area contributed by atoms with E-state index in [0.29, 0.717) is 0 Å². The zero-order chi connectivity index (χ0) is 6.73. The van der Waals surface area contributed by atoms with Crippen molar-refractivity contribution in [2.75, 3.05) is 0 Å². The van der Waals surface area contributed by atoms with E-state index in [-0.39, 0.29) is 0 Å². The van der Waals surface area contributed by atoms with Crippen molar-refractivity contribution in [1.82, 2.24) is 0 Å². The van der Waals surface area contributed by atoms with E-state index in [1.165, 1.54) is 0 Å². The molecule has 0 fully saturated rings. The number of nitrogens with two attached hydrogens (primary N) is 1. The van der Waals surface area contributed by atoms with Gasteiger partial charge in [0.15, 0.2) is 0 Å². The normalized spacial score (nSPS) is 9.50. The Bertz CT molecular complexity index is 110. The van der Waals surface area contributed by atoms with Gasteiger partial charge in [-0.1, -0.05) is 0 Å². The molecule has 0 spiro atoms. The SMILES string of the molecule is NC(C(=O)S)C(=O)S.